The van der Waals surface area contributed by atoms with E-state index in [9.17, 15) is 4.79 Å². The van der Waals surface area contributed by atoms with E-state index in [1.54, 1.807) is 24.5 Å². The first-order valence-electron chi connectivity index (χ1n) is 9.62. The number of nitrogens with zero attached hydrogens (tertiary/aromatic N) is 2. The SMILES string of the molecule is O=C(NCc1cc(-c2ccco2)on1)Nc1cccc(CN2CCCCC2)c1. The van der Waals surface area contributed by atoms with Gasteiger partial charge in [-0.05, 0) is 55.8 Å². The van der Waals surface area contributed by atoms with E-state index in [1.807, 2.05) is 18.2 Å². The number of piperidine rings is 1. The average molecular weight is 380 g/mol. The van der Waals surface area contributed by atoms with Crippen molar-refractivity contribution in [3.8, 4) is 11.5 Å². The maximum absolute atomic E-state index is 12.2. The average Bonchev–Trinajstić information content (AvgIpc) is 3.39. The van der Waals surface area contributed by atoms with Crippen LogP contribution >= 0.6 is 0 Å². The molecule has 7 heteroatoms. The van der Waals surface area contributed by atoms with Crippen molar-refractivity contribution >= 4 is 11.7 Å². The van der Waals surface area contributed by atoms with Crippen molar-refractivity contribution in [2.24, 2.45) is 0 Å². The molecule has 0 unspecified atom stereocenters. The highest BCUT2D eigenvalue weighted by Crippen LogP contribution is 2.20. The number of aromatic nitrogens is 1. The van der Waals surface area contributed by atoms with Crippen LogP contribution in [0.25, 0.3) is 11.5 Å². The van der Waals surface area contributed by atoms with Gasteiger partial charge in [-0.25, -0.2) is 4.79 Å². The Bertz CT molecular complexity index is 898. The molecule has 1 aliphatic rings. The molecule has 0 saturated carbocycles. The first-order chi connectivity index (χ1) is 13.8. The molecular formula is C21H24N4O3. The van der Waals surface area contributed by atoms with Crippen LogP contribution in [0.2, 0.25) is 0 Å². The molecular weight excluding hydrogens is 356 g/mol. The van der Waals surface area contributed by atoms with Crippen molar-refractivity contribution in [2.75, 3.05) is 18.4 Å². The Balaban J connectivity index is 1.28. The molecule has 2 aromatic heterocycles. The summed E-state index contributed by atoms with van der Waals surface area (Å²) in [6, 6.07) is 13.0. The van der Waals surface area contributed by atoms with Gasteiger partial charge in [-0.3, -0.25) is 4.90 Å². The monoisotopic (exact) mass is 380 g/mol. The Morgan fingerprint density at radius 2 is 1.96 bits per heavy atom. The summed E-state index contributed by atoms with van der Waals surface area (Å²) in [6.07, 6.45) is 5.43. The number of carbonyl (C=O) groups is 1. The number of hydrogen-bond donors (Lipinski definition) is 2. The molecule has 0 aliphatic carbocycles. The third-order valence-electron chi connectivity index (χ3n) is 4.79. The van der Waals surface area contributed by atoms with Gasteiger partial charge in [0.15, 0.2) is 5.76 Å². The zero-order chi connectivity index (χ0) is 19.2. The second kappa shape index (κ2) is 8.75. The van der Waals surface area contributed by atoms with Gasteiger partial charge in [0.1, 0.15) is 5.69 Å². The minimum Gasteiger partial charge on any atom is -0.461 e. The van der Waals surface area contributed by atoms with Crippen LogP contribution in [0.5, 0.6) is 0 Å². The molecule has 4 rings (SSSR count). The summed E-state index contributed by atoms with van der Waals surface area (Å²) in [6.45, 7) is 3.49. The molecule has 1 saturated heterocycles. The van der Waals surface area contributed by atoms with Crippen LogP contribution in [0.15, 0.2) is 57.7 Å². The van der Waals surface area contributed by atoms with E-state index in [-0.39, 0.29) is 12.6 Å². The van der Waals surface area contributed by atoms with Gasteiger partial charge in [0.05, 0.1) is 12.8 Å². The Hall–Kier alpha value is -3.06. The van der Waals surface area contributed by atoms with Crippen LogP contribution in [0, 0.1) is 0 Å². The summed E-state index contributed by atoms with van der Waals surface area (Å²) in [5.74, 6) is 1.14. The first kappa shape index (κ1) is 18.3. The number of urea groups is 1. The number of benzene rings is 1. The molecule has 3 heterocycles. The number of nitrogens with one attached hydrogen (secondary N) is 2. The molecule has 0 spiro atoms. The third kappa shape index (κ3) is 4.80. The van der Waals surface area contributed by atoms with E-state index in [1.165, 1.54) is 24.8 Å². The van der Waals surface area contributed by atoms with Crippen molar-refractivity contribution in [2.45, 2.75) is 32.4 Å². The lowest BCUT2D eigenvalue weighted by atomic mass is 10.1. The maximum atomic E-state index is 12.2. The highest BCUT2D eigenvalue weighted by Gasteiger charge is 2.12. The topological polar surface area (TPSA) is 83.5 Å². The minimum atomic E-state index is -0.280. The van der Waals surface area contributed by atoms with E-state index >= 15 is 0 Å². The number of hydrogen-bond acceptors (Lipinski definition) is 5. The molecule has 28 heavy (non-hydrogen) atoms. The largest absolute Gasteiger partial charge is 0.461 e. The van der Waals surface area contributed by atoms with Crippen molar-refractivity contribution in [3.63, 3.8) is 0 Å². The van der Waals surface area contributed by atoms with Crippen molar-refractivity contribution < 1.29 is 13.7 Å². The molecule has 0 atom stereocenters. The van der Waals surface area contributed by atoms with Crippen LogP contribution in [0.1, 0.15) is 30.5 Å². The summed E-state index contributed by atoms with van der Waals surface area (Å²) < 4.78 is 10.5. The normalized spacial score (nSPS) is 14.7. The summed E-state index contributed by atoms with van der Waals surface area (Å²) >= 11 is 0. The van der Waals surface area contributed by atoms with Crippen LogP contribution in [0.4, 0.5) is 10.5 Å². The molecule has 7 nitrogen and oxygen atoms in total. The van der Waals surface area contributed by atoms with Gasteiger partial charge >= 0.3 is 6.03 Å². The van der Waals surface area contributed by atoms with Gasteiger partial charge in [0.2, 0.25) is 5.76 Å². The Morgan fingerprint density at radius 1 is 1.07 bits per heavy atom. The third-order valence-corrected chi connectivity index (χ3v) is 4.79. The van der Waals surface area contributed by atoms with E-state index in [0.29, 0.717) is 17.2 Å². The van der Waals surface area contributed by atoms with Gasteiger partial charge in [-0.2, -0.15) is 0 Å². The predicted molar refractivity (Wildman–Crippen MR) is 106 cm³/mol. The fourth-order valence-corrected chi connectivity index (χ4v) is 3.40. The molecule has 1 fully saturated rings. The second-order valence-electron chi connectivity index (χ2n) is 7.00. The Kier molecular flexibility index (Phi) is 5.72. The second-order valence-corrected chi connectivity index (χ2v) is 7.00. The number of furan rings is 1. The maximum Gasteiger partial charge on any atom is 0.319 e. The van der Waals surface area contributed by atoms with Gasteiger partial charge in [-0.15, -0.1) is 0 Å². The van der Waals surface area contributed by atoms with Gasteiger partial charge in [0, 0.05) is 18.3 Å². The quantitative estimate of drug-likeness (QED) is 0.668. The van der Waals surface area contributed by atoms with E-state index in [2.05, 4.69) is 26.8 Å². The number of amides is 2. The molecule has 146 valence electrons. The molecule has 2 N–H and O–H groups in total. The number of likely N-dealkylation sites (tertiary alicyclic amines) is 1. The zero-order valence-electron chi connectivity index (χ0n) is 15.7. The number of rotatable bonds is 6. The van der Waals surface area contributed by atoms with Crippen LogP contribution in [0.3, 0.4) is 0 Å². The Morgan fingerprint density at radius 3 is 2.79 bits per heavy atom. The molecule has 0 radical (unpaired) electrons. The van der Waals surface area contributed by atoms with Gasteiger partial charge in [-0.1, -0.05) is 23.7 Å². The summed E-state index contributed by atoms with van der Waals surface area (Å²) in [5.41, 5.74) is 2.61. The minimum absolute atomic E-state index is 0.267. The smallest absolute Gasteiger partial charge is 0.319 e. The zero-order valence-corrected chi connectivity index (χ0v) is 15.7. The van der Waals surface area contributed by atoms with E-state index in [4.69, 9.17) is 8.94 Å². The number of anilines is 1. The van der Waals surface area contributed by atoms with Crippen molar-refractivity contribution in [1.29, 1.82) is 0 Å². The lowest BCUT2D eigenvalue weighted by molar-refractivity contribution is 0.221. The van der Waals surface area contributed by atoms with Gasteiger partial charge in [0.25, 0.3) is 0 Å². The fraction of sp³-hybridized carbons (Fsp3) is 0.333. The van der Waals surface area contributed by atoms with E-state index in [0.717, 1.165) is 25.3 Å². The summed E-state index contributed by atoms with van der Waals surface area (Å²) in [7, 11) is 0. The fourth-order valence-electron chi connectivity index (χ4n) is 3.40. The van der Waals surface area contributed by atoms with Gasteiger partial charge < -0.3 is 19.6 Å². The lowest BCUT2D eigenvalue weighted by Crippen LogP contribution is -2.29. The molecule has 2 amide bonds. The number of carbonyl (C=O) groups excluding carboxylic acids is 1. The van der Waals surface area contributed by atoms with Crippen LogP contribution in [-0.2, 0) is 13.1 Å². The van der Waals surface area contributed by atoms with Crippen LogP contribution < -0.4 is 10.6 Å². The molecule has 3 aromatic rings. The predicted octanol–water partition coefficient (Wildman–Crippen LogP) is 4.24. The van der Waals surface area contributed by atoms with Crippen molar-refractivity contribution in [1.82, 2.24) is 15.4 Å². The summed E-state index contributed by atoms with van der Waals surface area (Å²) in [4.78, 5) is 14.7. The highest BCUT2D eigenvalue weighted by molar-refractivity contribution is 5.89. The molecule has 1 aromatic carbocycles. The molecule has 0 bridgehead atoms. The highest BCUT2D eigenvalue weighted by atomic mass is 16.5. The summed E-state index contributed by atoms with van der Waals surface area (Å²) in [5, 5.41) is 9.62. The Labute approximate surface area is 163 Å². The van der Waals surface area contributed by atoms with E-state index < -0.39 is 0 Å². The first-order valence-corrected chi connectivity index (χ1v) is 9.62. The standard InChI is InChI=1S/C21H24N4O3/c26-21(22-14-18-13-20(28-24-18)19-8-5-11-27-19)23-17-7-4-6-16(12-17)15-25-9-2-1-3-10-25/h4-8,11-13H,1-3,9-10,14-15H2,(H2,22,23,26). The van der Waals surface area contributed by atoms with Crippen molar-refractivity contribution in [3.05, 3.63) is 60.0 Å². The van der Waals surface area contributed by atoms with Crippen LogP contribution in [-0.4, -0.2) is 29.2 Å². The lowest BCUT2D eigenvalue weighted by Gasteiger charge is -2.26. The molecule has 1 aliphatic heterocycles.